The third-order valence-electron chi connectivity index (χ3n) is 3.88. The van der Waals surface area contributed by atoms with Crippen LogP contribution >= 0.6 is 12.2 Å². The number of carbonyl (C=O) groups is 1. The SMILES string of the molecule is CNC(=O)S(=O)(Cc1ccccc1)(NC)C1=NC(C)(C)C(=S)N1. The minimum Gasteiger partial charge on any atom is -0.348 e. The Hall–Kier alpha value is -1.64. The summed E-state index contributed by atoms with van der Waals surface area (Å²) >= 11 is 5.28. The van der Waals surface area contributed by atoms with Crippen LogP contribution in [0.25, 0.3) is 0 Å². The second kappa shape index (κ2) is 5.77. The molecule has 0 spiro atoms. The van der Waals surface area contributed by atoms with Gasteiger partial charge in [0.25, 0.3) is 0 Å². The number of hydrogen-bond acceptors (Lipinski definition) is 4. The van der Waals surface area contributed by atoms with Gasteiger partial charge in [0.05, 0.1) is 15.0 Å². The highest BCUT2D eigenvalue weighted by Crippen LogP contribution is 2.33. The Morgan fingerprint density at radius 1 is 1.30 bits per heavy atom. The molecule has 1 heterocycles. The quantitative estimate of drug-likeness (QED) is 0.719. The van der Waals surface area contributed by atoms with E-state index in [0.29, 0.717) is 4.99 Å². The molecule has 0 atom stereocenters. The van der Waals surface area contributed by atoms with Crippen LogP contribution in [0.1, 0.15) is 19.4 Å². The number of carbonyl (C=O) groups excluding carboxylic acids is 1. The van der Waals surface area contributed by atoms with Crippen molar-refractivity contribution in [2.24, 2.45) is 4.99 Å². The van der Waals surface area contributed by atoms with Gasteiger partial charge < -0.3 is 10.6 Å². The van der Waals surface area contributed by atoms with E-state index in [1.807, 2.05) is 44.2 Å². The highest BCUT2D eigenvalue weighted by atomic mass is 32.3. The van der Waals surface area contributed by atoms with E-state index in [4.69, 9.17) is 12.2 Å². The van der Waals surface area contributed by atoms with Crippen LogP contribution in [0.4, 0.5) is 4.79 Å². The number of hydrogen-bond donors (Lipinski definition) is 3. The molecule has 1 aliphatic rings. The van der Waals surface area contributed by atoms with Crippen LogP contribution in [0.2, 0.25) is 0 Å². The fraction of sp³-hybridized carbons (Fsp3) is 0.400. The minimum absolute atomic E-state index is 0.00125. The van der Waals surface area contributed by atoms with Gasteiger partial charge in [-0.3, -0.25) is 9.00 Å². The van der Waals surface area contributed by atoms with Gasteiger partial charge in [-0.25, -0.2) is 9.71 Å². The second-order valence-electron chi connectivity index (χ2n) is 5.91. The number of nitrogens with one attached hydrogen (secondary N) is 3. The maximum Gasteiger partial charge on any atom is 0.307 e. The molecule has 0 bridgehead atoms. The van der Waals surface area contributed by atoms with Crippen molar-refractivity contribution in [1.82, 2.24) is 15.4 Å². The highest BCUT2D eigenvalue weighted by Gasteiger charge is 2.52. The van der Waals surface area contributed by atoms with Crippen molar-refractivity contribution in [2.75, 3.05) is 14.1 Å². The molecule has 0 saturated carbocycles. The van der Waals surface area contributed by atoms with E-state index < -0.39 is 20.0 Å². The number of thiocarbonyl (C=S) groups is 1. The number of nitrogens with zero attached hydrogens (tertiary/aromatic N) is 1. The standard InChI is InChI=1S/C15H22N4O2S2/c1-15(2)12(22)18-13(19-15)23(21,17-4,14(20)16-3)10-11-8-6-5-7-9-11/h5-9H,10H2,1-4H3,(H,16,20)(H,17,21)(H,18,19,22). The van der Waals surface area contributed by atoms with Gasteiger partial charge >= 0.3 is 5.24 Å². The third kappa shape index (κ3) is 2.82. The molecule has 2 rings (SSSR count). The molecule has 1 amide bonds. The Morgan fingerprint density at radius 2 is 1.91 bits per heavy atom. The summed E-state index contributed by atoms with van der Waals surface area (Å²) in [5, 5.41) is 4.90. The van der Waals surface area contributed by atoms with Crippen molar-refractivity contribution in [3.63, 3.8) is 0 Å². The summed E-state index contributed by atoms with van der Waals surface area (Å²) in [4.78, 5) is 17.6. The fourth-order valence-corrected chi connectivity index (χ4v) is 5.55. The van der Waals surface area contributed by atoms with Crippen LogP contribution < -0.4 is 15.4 Å². The van der Waals surface area contributed by atoms with Crippen molar-refractivity contribution in [1.29, 1.82) is 0 Å². The smallest absolute Gasteiger partial charge is 0.307 e. The van der Waals surface area contributed by atoms with E-state index in [-0.39, 0.29) is 10.9 Å². The first-order valence-corrected chi connectivity index (χ1v) is 9.73. The summed E-state index contributed by atoms with van der Waals surface area (Å²) in [6.07, 6.45) is 0. The molecule has 0 aliphatic carbocycles. The first-order valence-electron chi connectivity index (χ1n) is 7.19. The van der Waals surface area contributed by atoms with E-state index in [0.717, 1.165) is 5.56 Å². The van der Waals surface area contributed by atoms with Crippen molar-refractivity contribution in [2.45, 2.75) is 25.1 Å². The van der Waals surface area contributed by atoms with Crippen LogP contribution in [0.3, 0.4) is 0 Å². The zero-order valence-electron chi connectivity index (χ0n) is 13.7. The van der Waals surface area contributed by atoms with Gasteiger partial charge in [-0.05, 0) is 26.5 Å². The van der Waals surface area contributed by atoms with Crippen LogP contribution in [0.5, 0.6) is 0 Å². The Bertz CT molecular complexity index is 743. The lowest BCUT2D eigenvalue weighted by atomic mass is 10.1. The summed E-state index contributed by atoms with van der Waals surface area (Å²) < 4.78 is 16.9. The Balaban J connectivity index is 2.64. The molecular weight excluding hydrogens is 332 g/mol. The molecule has 1 aromatic carbocycles. The first-order chi connectivity index (χ1) is 10.7. The fourth-order valence-electron chi connectivity index (χ4n) is 2.38. The van der Waals surface area contributed by atoms with E-state index in [2.05, 4.69) is 20.3 Å². The van der Waals surface area contributed by atoms with E-state index in [9.17, 15) is 9.00 Å². The summed E-state index contributed by atoms with van der Waals surface area (Å²) in [6, 6.07) is 9.19. The largest absolute Gasteiger partial charge is 0.348 e. The Morgan fingerprint density at radius 3 is 2.35 bits per heavy atom. The zero-order chi connectivity index (χ0) is 17.3. The average molecular weight is 355 g/mol. The van der Waals surface area contributed by atoms with E-state index in [1.54, 1.807) is 0 Å². The summed E-state index contributed by atoms with van der Waals surface area (Å²) in [6.45, 7) is 3.63. The molecule has 0 radical (unpaired) electrons. The third-order valence-corrected chi connectivity index (χ3v) is 8.23. The topological polar surface area (TPSA) is 82.6 Å². The van der Waals surface area contributed by atoms with Crippen molar-refractivity contribution >= 4 is 36.9 Å². The van der Waals surface area contributed by atoms with Gasteiger partial charge in [-0.15, -0.1) is 0 Å². The molecule has 1 aliphatic heterocycles. The lowest BCUT2D eigenvalue weighted by Crippen LogP contribution is -2.64. The molecule has 3 N–H and O–H groups in total. The molecule has 0 saturated heterocycles. The maximum atomic E-state index is 14.1. The Labute approximate surface area is 141 Å². The monoisotopic (exact) mass is 354 g/mol. The molecule has 0 fully saturated rings. The number of benzene rings is 1. The van der Waals surface area contributed by atoms with Gasteiger partial charge in [0.15, 0.2) is 5.17 Å². The lowest BCUT2D eigenvalue weighted by molar-refractivity contribution is 0.260. The van der Waals surface area contributed by atoms with Gasteiger partial charge in [0, 0.05) is 7.05 Å². The molecule has 8 heteroatoms. The molecule has 0 unspecified atom stereocenters. The lowest BCUT2D eigenvalue weighted by Gasteiger charge is -2.39. The zero-order valence-corrected chi connectivity index (χ0v) is 15.3. The molecule has 6 nitrogen and oxygen atoms in total. The summed E-state index contributed by atoms with van der Waals surface area (Å²) in [5.74, 6) is -0.00125. The van der Waals surface area contributed by atoms with Crippen molar-refractivity contribution in [3.8, 4) is 0 Å². The van der Waals surface area contributed by atoms with Crippen LogP contribution in [0, 0.1) is 0 Å². The van der Waals surface area contributed by atoms with Gasteiger partial charge in [-0.2, -0.15) is 0 Å². The van der Waals surface area contributed by atoms with Gasteiger partial charge in [0.1, 0.15) is 10.5 Å². The molecule has 1 aromatic rings. The number of amidine groups is 1. The van der Waals surface area contributed by atoms with Crippen LogP contribution in [-0.2, 0) is 15.0 Å². The molecule has 0 aromatic heterocycles. The van der Waals surface area contributed by atoms with E-state index in [1.165, 1.54) is 14.1 Å². The van der Waals surface area contributed by atoms with Crippen molar-refractivity contribution < 1.29 is 9.00 Å². The average Bonchev–Trinajstić information content (AvgIpc) is 2.82. The summed E-state index contributed by atoms with van der Waals surface area (Å²) in [5.41, 5.74) is 0.0661. The predicted molar refractivity (Wildman–Crippen MR) is 99.1 cm³/mol. The number of rotatable bonds is 3. The van der Waals surface area contributed by atoms with E-state index >= 15 is 0 Å². The van der Waals surface area contributed by atoms with Crippen LogP contribution in [0.15, 0.2) is 35.3 Å². The minimum atomic E-state index is -4.20. The number of aliphatic imine (C=N–C) groups is 1. The normalized spacial score (nSPS) is 18.5. The summed E-state index contributed by atoms with van der Waals surface area (Å²) in [7, 11) is -1.24. The molecule has 23 heavy (non-hydrogen) atoms. The predicted octanol–water partition coefficient (Wildman–Crippen LogP) is 1.55. The second-order valence-corrected chi connectivity index (χ2v) is 9.99. The molecular formula is C15H22N4O2S2. The molecule has 126 valence electrons. The van der Waals surface area contributed by atoms with Gasteiger partial charge in [0.2, 0.25) is 0 Å². The van der Waals surface area contributed by atoms with Gasteiger partial charge in [-0.1, -0.05) is 42.5 Å². The van der Waals surface area contributed by atoms with Crippen molar-refractivity contribution in [3.05, 3.63) is 35.9 Å². The highest BCUT2D eigenvalue weighted by molar-refractivity contribution is 8.41. The number of amides is 1. The Kier molecular flexibility index (Phi) is 4.44. The van der Waals surface area contributed by atoms with Crippen LogP contribution in [-0.4, -0.2) is 39.2 Å². The maximum absolute atomic E-state index is 14.1. The first kappa shape index (κ1) is 17.7.